The number of nitrogens with one attached hydrogen (secondary N) is 1. The van der Waals surface area contributed by atoms with E-state index >= 15 is 0 Å². The second-order valence-electron chi connectivity index (χ2n) is 3.18. The highest BCUT2D eigenvalue weighted by atomic mass is 32.1. The Balaban J connectivity index is 2.49. The molecule has 6 heteroatoms. The molecule has 1 atom stereocenters. The van der Waals surface area contributed by atoms with Gasteiger partial charge in [-0.3, -0.25) is 0 Å². The molecule has 1 unspecified atom stereocenters. The van der Waals surface area contributed by atoms with Gasteiger partial charge in [0, 0.05) is 5.56 Å². The van der Waals surface area contributed by atoms with Crippen LogP contribution in [0.4, 0.5) is 8.78 Å². The van der Waals surface area contributed by atoms with Gasteiger partial charge in [-0.05, 0) is 30.7 Å². The predicted octanol–water partition coefficient (Wildman–Crippen LogP) is 2.13. The van der Waals surface area contributed by atoms with Crippen LogP contribution in [0.25, 0.3) is 0 Å². The van der Waals surface area contributed by atoms with Crippen molar-refractivity contribution in [2.75, 3.05) is 7.05 Å². The quantitative estimate of drug-likeness (QED) is 0.894. The Morgan fingerprint density at radius 2 is 2.00 bits per heavy atom. The summed E-state index contributed by atoms with van der Waals surface area (Å²) in [4.78, 5) is 0.673. The van der Waals surface area contributed by atoms with Gasteiger partial charge in [0.2, 0.25) is 0 Å². The first-order chi connectivity index (χ1) is 7.74. The van der Waals surface area contributed by atoms with Crippen LogP contribution in [0.1, 0.15) is 16.5 Å². The SMILES string of the molecule is CNC(c1cnns1)c1c(F)cccc1F. The molecule has 1 aromatic carbocycles. The molecule has 0 saturated carbocycles. The minimum absolute atomic E-state index is 0.00366. The number of halogens is 2. The molecule has 0 spiro atoms. The summed E-state index contributed by atoms with van der Waals surface area (Å²) in [6.07, 6.45) is 1.50. The molecular formula is C10H9F2N3S. The maximum absolute atomic E-state index is 13.6. The van der Waals surface area contributed by atoms with Gasteiger partial charge in [0.1, 0.15) is 11.6 Å². The van der Waals surface area contributed by atoms with Crippen molar-refractivity contribution in [3.63, 3.8) is 0 Å². The molecule has 0 radical (unpaired) electrons. The van der Waals surface area contributed by atoms with Crippen LogP contribution in [0.5, 0.6) is 0 Å². The molecule has 1 N–H and O–H groups in total. The Morgan fingerprint density at radius 3 is 2.50 bits per heavy atom. The number of hydrogen-bond acceptors (Lipinski definition) is 4. The third-order valence-corrected chi connectivity index (χ3v) is 2.97. The smallest absolute Gasteiger partial charge is 0.131 e. The van der Waals surface area contributed by atoms with Gasteiger partial charge in [-0.25, -0.2) is 8.78 Å². The normalized spacial score (nSPS) is 12.7. The van der Waals surface area contributed by atoms with Crippen LogP contribution < -0.4 is 5.32 Å². The lowest BCUT2D eigenvalue weighted by Crippen LogP contribution is -2.19. The van der Waals surface area contributed by atoms with Gasteiger partial charge in [0.15, 0.2) is 0 Å². The molecule has 0 aliphatic carbocycles. The zero-order valence-electron chi connectivity index (χ0n) is 8.45. The van der Waals surface area contributed by atoms with Crippen molar-refractivity contribution in [2.45, 2.75) is 6.04 Å². The second-order valence-corrected chi connectivity index (χ2v) is 3.99. The highest BCUT2D eigenvalue weighted by Crippen LogP contribution is 2.27. The molecule has 0 fully saturated rings. The zero-order valence-corrected chi connectivity index (χ0v) is 9.26. The van der Waals surface area contributed by atoms with Crippen LogP contribution in [-0.4, -0.2) is 16.6 Å². The Kier molecular flexibility index (Phi) is 3.21. The molecule has 0 amide bonds. The van der Waals surface area contributed by atoms with E-state index in [2.05, 4.69) is 14.9 Å². The molecule has 16 heavy (non-hydrogen) atoms. The summed E-state index contributed by atoms with van der Waals surface area (Å²) in [6, 6.07) is 3.25. The van der Waals surface area contributed by atoms with Crippen LogP contribution in [0.2, 0.25) is 0 Å². The Morgan fingerprint density at radius 1 is 1.31 bits per heavy atom. The van der Waals surface area contributed by atoms with E-state index in [0.29, 0.717) is 4.88 Å². The fourth-order valence-electron chi connectivity index (χ4n) is 1.52. The van der Waals surface area contributed by atoms with Gasteiger partial charge < -0.3 is 5.32 Å². The molecule has 2 aromatic rings. The molecule has 84 valence electrons. The molecular weight excluding hydrogens is 232 g/mol. The number of rotatable bonds is 3. The molecule has 1 heterocycles. The maximum Gasteiger partial charge on any atom is 0.131 e. The van der Waals surface area contributed by atoms with E-state index in [1.165, 1.54) is 24.4 Å². The van der Waals surface area contributed by atoms with Crippen molar-refractivity contribution in [2.24, 2.45) is 0 Å². The Hall–Kier alpha value is -1.40. The molecule has 2 rings (SSSR count). The van der Waals surface area contributed by atoms with E-state index in [0.717, 1.165) is 11.5 Å². The fraction of sp³-hybridized carbons (Fsp3) is 0.200. The minimum Gasteiger partial charge on any atom is -0.308 e. The van der Waals surface area contributed by atoms with Crippen LogP contribution in [-0.2, 0) is 0 Å². The molecule has 3 nitrogen and oxygen atoms in total. The minimum atomic E-state index is -0.576. The van der Waals surface area contributed by atoms with Gasteiger partial charge in [-0.15, -0.1) is 5.10 Å². The van der Waals surface area contributed by atoms with Crippen molar-refractivity contribution >= 4 is 11.5 Å². The number of aromatic nitrogens is 2. The topological polar surface area (TPSA) is 37.8 Å². The third-order valence-electron chi connectivity index (χ3n) is 2.24. The van der Waals surface area contributed by atoms with E-state index in [1.807, 2.05) is 0 Å². The largest absolute Gasteiger partial charge is 0.308 e. The monoisotopic (exact) mass is 241 g/mol. The third kappa shape index (κ3) is 1.94. The highest BCUT2D eigenvalue weighted by Gasteiger charge is 2.21. The average Bonchev–Trinajstić information content (AvgIpc) is 2.77. The van der Waals surface area contributed by atoms with Crippen LogP contribution in [0, 0.1) is 11.6 Å². The molecule has 0 aliphatic rings. The summed E-state index contributed by atoms with van der Waals surface area (Å²) in [6.45, 7) is 0. The molecule has 1 aromatic heterocycles. The first kappa shape index (κ1) is 11.1. The zero-order chi connectivity index (χ0) is 11.5. The Bertz CT molecular complexity index is 453. The summed E-state index contributed by atoms with van der Waals surface area (Å²) in [5.74, 6) is -1.15. The lowest BCUT2D eigenvalue weighted by Gasteiger charge is -2.15. The van der Waals surface area contributed by atoms with E-state index in [9.17, 15) is 8.78 Å². The van der Waals surface area contributed by atoms with Crippen molar-refractivity contribution in [1.82, 2.24) is 14.9 Å². The van der Waals surface area contributed by atoms with Crippen molar-refractivity contribution in [1.29, 1.82) is 0 Å². The summed E-state index contributed by atoms with van der Waals surface area (Å²) in [5, 5.41) is 6.51. The average molecular weight is 241 g/mol. The standard InChI is InChI=1S/C10H9F2N3S/c1-13-10(8-5-14-15-16-8)9-6(11)3-2-4-7(9)12/h2-5,10,13H,1H3. The predicted molar refractivity (Wildman–Crippen MR) is 57.2 cm³/mol. The van der Waals surface area contributed by atoms with Crippen molar-refractivity contribution in [3.05, 3.63) is 46.5 Å². The van der Waals surface area contributed by atoms with Crippen LogP contribution in [0.3, 0.4) is 0 Å². The van der Waals surface area contributed by atoms with Gasteiger partial charge in [-0.2, -0.15) is 0 Å². The maximum atomic E-state index is 13.6. The highest BCUT2D eigenvalue weighted by molar-refractivity contribution is 7.05. The van der Waals surface area contributed by atoms with Gasteiger partial charge in [0.05, 0.1) is 17.1 Å². The lowest BCUT2D eigenvalue weighted by molar-refractivity contribution is 0.524. The van der Waals surface area contributed by atoms with Crippen LogP contribution in [0.15, 0.2) is 24.4 Å². The molecule has 0 bridgehead atoms. The number of benzene rings is 1. The van der Waals surface area contributed by atoms with Gasteiger partial charge in [0.25, 0.3) is 0 Å². The first-order valence-corrected chi connectivity index (χ1v) is 5.39. The van der Waals surface area contributed by atoms with E-state index in [1.54, 1.807) is 7.05 Å². The van der Waals surface area contributed by atoms with Gasteiger partial charge in [-0.1, -0.05) is 10.6 Å². The summed E-state index contributed by atoms with van der Waals surface area (Å²) in [7, 11) is 1.64. The molecule has 0 saturated heterocycles. The lowest BCUT2D eigenvalue weighted by atomic mass is 10.0. The summed E-state index contributed by atoms with van der Waals surface area (Å²) in [5.41, 5.74) is -0.00366. The van der Waals surface area contributed by atoms with Gasteiger partial charge >= 0.3 is 0 Å². The Labute approximate surface area is 95.3 Å². The van der Waals surface area contributed by atoms with Crippen LogP contribution >= 0.6 is 11.5 Å². The van der Waals surface area contributed by atoms with Crippen molar-refractivity contribution in [3.8, 4) is 0 Å². The summed E-state index contributed by atoms with van der Waals surface area (Å²) < 4.78 is 30.8. The van der Waals surface area contributed by atoms with E-state index in [4.69, 9.17) is 0 Å². The fourth-order valence-corrected chi connectivity index (χ4v) is 2.14. The number of hydrogen-bond donors (Lipinski definition) is 1. The van der Waals surface area contributed by atoms with Crippen molar-refractivity contribution < 1.29 is 8.78 Å². The second kappa shape index (κ2) is 4.63. The summed E-state index contributed by atoms with van der Waals surface area (Å²) >= 11 is 1.11. The first-order valence-electron chi connectivity index (χ1n) is 4.62. The molecule has 0 aliphatic heterocycles. The number of nitrogens with zero attached hydrogens (tertiary/aromatic N) is 2. The van der Waals surface area contributed by atoms with E-state index in [-0.39, 0.29) is 5.56 Å². The van der Waals surface area contributed by atoms with E-state index < -0.39 is 17.7 Å².